The molecule has 1 rings (SSSR count). The molecule has 0 bridgehead atoms. The summed E-state index contributed by atoms with van der Waals surface area (Å²) in [6, 6.07) is 0. The summed E-state index contributed by atoms with van der Waals surface area (Å²) in [4.78, 5) is 0. The average molecular weight is 184 g/mol. The zero-order valence-electron chi connectivity index (χ0n) is 4.62. The zero-order valence-corrected chi connectivity index (χ0v) is 7.89. The van der Waals surface area contributed by atoms with Crippen molar-refractivity contribution in [2.75, 3.05) is 5.75 Å². The molecule has 0 nitrogen and oxygen atoms in total. The van der Waals surface area contributed by atoms with Crippen LogP contribution in [0.1, 0.15) is 13.3 Å². The van der Waals surface area contributed by atoms with Gasteiger partial charge in [0.1, 0.15) is 0 Å². The first-order valence-electron chi connectivity index (χ1n) is 2.51. The van der Waals surface area contributed by atoms with Gasteiger partial charge in [-0.3, -0.25) is 0 Å². The highest BCUT2D eigenvalue weighted by molar-refractivity contribution is 9.12. The molecule has 4 heteroatoms. The molecule has 0 aromatic carbocycles. The lowest BCUT2D eigenvalue weighted by atomic mass is 10.4. The van der Waals surface area contributed by atoms with E-state index in [-0.39, 0.29) is 7.52 Å². The summed E-state index contributed by atoms with van der Waals surface area (Å²) in [7, 11) is 4.07. The van der Waals surface area contributed by atoms with Crippen molar-refractivity contribution in [2.45, 2.75) is 18.6 Å². The Balaban J connectivity index is 2.34. The summed E-state index contributed by atoms with van der Waals surface area (Å²) in [6.45, 7) is 2.26. The molecular formula is C4H8S4. The monoisotopic (exact) mass is 184 g/mol. The van der Waals surface area contributed by atoms with Crippen LogP contribution in [0.15, 0.2) is 0 Å². The third-order valence-electron chi connectivity index (χ3n) is 0.947. The van der Waals surface area contributed by atoms with Gasteiger partial charge in [0.15, 0.2) is 0 Å². The summed E-state index contributed by atoms with van der Waals surface area (Å²) in [5.74, 6) is 1.28. The minimum Gasteiger partial charge on any atom is -0.0789 e. The van der Waals surface area contributed by atoms with Gasteiger partial charge in [-0.1, -0.05) is 28.5 Å². The highest BCUT2D eigenvalue weighted by Gasteiger charge is 2.11. The Labute approximate surface area is 64.6 Å². The molecule has 0 amide bonds. The Bertz CT molecular complexity index is 100. The minimum absolute atomic E-state index is 0.196. The standard InChI is InChI=1S/C4H8S4/c1-4-2-3-6-8(5)7-4/h4H,2-3H2,1H3. The molecule has 0 N–H and O–H groups in total. The van der Waals surface area contributed by atoms with Crippen LogP contribution in [0.4, 0.5) is 0 Å². The van der Waals surface area contributed by atoms with Gasteiger partial charge in [0.2, 0.25) is 0 Å². The van der Waals surface area contributed by atoms with Crippen LogP contribution in [0, 0.1) is 0 Å². The Morgan fingerprint density at radius 1 is 1.75 bits per heavy atom. The van der Waals surface area contributed by atoms with Gasteiger partial charge in [-0.05, 0) is 25.1 Å². The molecule has 0 saturated carbocycles. The fourth-order valence-corrected chi connectivity index (χ4v) is 7.86. The maximum Gasteiger partial charge on any atom is 0.0142 e. The van der Waals surface area contributed by atoms with E-state index >= 15 is 0 Å². The van der Waals surface area contributed by atoms with E-state index in [0.29, 0.717) is 0 Å². The Hall–Kier alpha value is 1.27. The van der Waals surface area contributed by atoms with E-state index in [1.54, 1.807) is 0 Å². The topological polar surface area (TPSA) is 0 Å². The Morgan fingerprint density at radius 2 is 2.50 bits per heavy atom. The summed E-state index contributed by atoms with van der Waals surface area (Å²) >= 11 is 5.12. The fraction of sp³-hybridized carbons (Fsp3) is 1.00. The number of hydrogen-bond donors (Lipinski definition) is 0. The molecule has 2 atom stereocenters. The second-order valence-electron chi connectivity index (χ2n) is 1.72. The highest BCUT2D eigenvalue weighted by Crippen LogP contribution is 2.33. The van der Waals surface area contributed by atoms with Crippen LogP contribution in [-0.2, 0) is 18.7 Å². The van der Waals surface area contributed by atoms with Crippen molar-refractivity contribution < 1.29 is 0 Å². The van der Waals surface area contributed by atoms with Crippen molar-refractivity contribution in [3.8, 4) is 0 Å². The van der Waals surface area contributed by atoms with Crippen molar-refractivity contribution in [1.82, 2.24) is 0 Å². The maximum atomic E-state index is 5.12. The SMILES string of the molecule is CC1CCSS(=S)S1. The van der Waals surface area contributed by atoms with Crippen molar-refractivity contribution in [3.05, 3.63) is 0 Å². The van der Waals surface area contributed by atoms with Gasteiger partial charge in [0.25, 0.3) is 0 Å². The summed E-state index contributed by atoms with van der Waals surface area (Å²) in [5.41, 5.74) is 0. The van der Waals surface area contributed by atoms with E-state index in [1.165, 1.54) is 12.2 Å². The second kappa shape index (κ2) is 3.44. The molecule has 1 aliphatic rings. The maximum absolute atomic E-state index is 5.12. The summed E-state index contributed by atoms with van der Waals surface area (Å²) < 4.78 is 0. The highest BCUT2D eigenvalue weighted by atomic mass is 33.7. The van der Waals surface area contributed by atoms with Crippen molar-refractivity contribution in [2.24, 2.45) is 0 Å². The molecule has 0 aliphatic carbocycles. The number of hydrogen-bond acceptors (Lipinski definition) is 3. The lowest BCUT2D eigenvalue weighted by molar-refractivity contribution is 0.924. The molecule has 48 valence electrons. The van der Waals surface area contributed by atoms with Crippen LogP contribution in [0.5, 0.6) is 0 Å². The quantitative estimate of drug-likeness (QED) is 0.530. The lowest BCUT2D eigenvalue weighted by Gasteiger charge is -2.16. The molecule has 2 unspecified atom stereocenters. The van der Waals surface area contributed by atoms with Crippen molar-refractivity contribution in [1.29, 1.82) is 0 Å². The van der Waals surface area contributed by atoms with Crippen LogP contribution in [0.3, 0.4) is 0 Å². The van der Waals surface area contributed by atoms with Crippen LogP contribution in [-0.4, -0.2) is 11.0 Å². The van der Waals surface area contributed by atoms with Gasteiger partial charge in [0, 0.05) is 11.0 Å². The van der Waals surface area contributed by atoms with E-state index in [9.17, 15) is 0 Å². The van der Waals surface area contributed by atoms with Gasteiger partial charge in [0.05, 0.1) is 0 Å². The predicted molar refractivity (Wildman–Crippen MR) is 48.9 cm³/mol. The van der Waals surface area contributed by atoms with Gasteiger partial charge in [-0.25, -0.2) is 0 Å². The van der Waals surface area contributed by atoms with Crippen molar-refractivity contribution in [3.63, 3.8) is 0 Å². The first-order valence-corrected chi connectivity index (χ1v) is 7.56. The predicted octanol–water partition coefficient (Wildman–Crippen LogP) is 2.16. The van der Waals surface area contributed by atoms with Gasteiger partial charge >= 0.3 is 0 Å². The van der Waals surface area contributed by atoms with E-state index in [4.69, 9.17) is 11.2 Å². The molecule has 1 fully saturated rings. The molecule has 0 aromatic heterocycles. The molecule has 1 heterocycles. The second-order valence-corrected chi connectivity index (χ2v) is 9.95. The van der Waals surface area contributed by atoms with Crippen LogP contribution in [0.2, 0.25) is 0 Å². The first kappa shape index (κ1) is 7.38. The molecule has 8 heavy (non-hydrogen) atoms. The van der Waals surface area contributed by atoms with Crippen molar-refractivity contribution >= 4 is 40.3 Å². The molecular weight excluding hydrogens is 176 g/mol. The molecule has 0 spiro atoms. The molecule has 0 radical (unpaired) electrons. The van der Waals surface area contributed by atoms with Crippen LogP contribution >= 0.6 is 21.6 Å². The van der Waals surface area contributed by atoms with Crippen LogP contribution in [0.25, 0.3) is 0 Å². The average Bonchev–Trinajstić information content (AvgIpc) is 1.64. The third kappa shape index (κ3) is 2.25. The Morgan fingerprint density at radius 3 is 2.88 bits per heavy atom. The number of rotatable bonds is 0. The van der Waals surface area contributed by atoms with E-state index in [2.05, 4.69) is 6.92 Å². The van der Waals surface area contributed by atoms with Gasteiger partial charge < -0.3 is 0 Å². The summed E-state index contributed by atoms with van der Waals surface area (Å²) in [5, 5.41) is 0.817. The third-order valence-corrected chi connectivity index (χ3v) is 7.94. The van der Waals surface area contributed by atoms with E-state index in [1.807, 2.05) is 21.6 Å². The van der Waals surface area contributed by atoms with E-state index < -0.39 is 0 Å². The smallest absolute Gasteiger partial charge is 0.0142 e. The van der Waals surface area contributed by atoms with Crippen LogP contribution < -0.4 is 0 Å². The van der Waals surface area contributed by atoms with E-state index in [0.717, 1.165) is 5.25 Å². The molecule has 1 saturated heterocycles. The fourth-order valence-electron chi connectivity index (χ4n) is 0.492. The lowest BCUT2D eigenvalue weighted by Crippen LogP contribution is -2.03. The zero-order chi connectivity index (χ0) is 5.98. The largest absolute Gasteiger partial charge is 0.0789 e. The molecule has 1 aliphatic heterocycles. The molecule has 0 aromatic rings. The normalized spacial score (nSPS) is 39.6. The van der Waals surface area contributed by atoms with Gasteiger partial charge in [-0.15, -0.1) is 0 Å². The van der Waals surface area contributed by atoms with Gasteiger partial charge in [-0.2, -0.15) is 0 Å². The Kier molecular flexibility index (Phi) is 3.17. The summed E-state index contributed by atoms with van der Waals surface area (Å²) in [6.07, 6.45) is 1.34. The first-order chi connectivity index (χ1) is 3.79. The minimum atomic E-state index is 0.196.